The summed E-state index contributed by atoms with van der Waals surface area (Å²) in [7, 11) is 1.69. The van der Waals surface area contributed by atoms with Crippen molar-refractivity contribution in [2.75, 3.05) is 13.7 Å². The predicted molar refractivity (Wildman–Crippen MR) is 114 cm³/mol. The Morgan fingerprint density at radius 2 is 1.76 bits per heavy atom. The Morgan fingerprint density at radius 1 is 1.00 bits per heavy atom. The highest BCUT2D eigenvalue weighted by Crippen LogP contribution is 2.39. The molecular weight excluding hydrogens is 363 g/mol. The van der Waals surface area contributed by atoms with Gasteiger partial charge in [0, 0.05) is 29.7 Å². The molecule has 1 atom stereocenters. The van der Waals surface area contributed by atoms with Crippen LogP contribution in [0.5, 0.6) is 5.75 Å². The number of rotatable bonds is 4. The molecule has 1 N–H and O–H groups in total. The average molecular weight is 386 g/mol. The van der Waals surface area contributed by atoms with E-state index in [2.05, 4.69) is 46.3 Å². The van der Waals surface area contributed by atoms with Crippen LogP contribution in [0.2, 0.25) is 0 Å². The van der Waals surface area contributed by atoms with Gasteiger partial charge in [0.15, 0.2) is 0 Å². The Labute approximate surface area is 169 Å². The maximum absolute atomic E-state index is 13.4. The number of nitrogens with zero attached hydrogens (tertiary/aromatic N) is 1. The van der Waals surface area contributed by atoms with Crippen LogP contribution in [-0.4, -0.2) is 23.5 Å². The molecular formula is C25H23FN2O. The Morgan fingerprint density at radius 3 is 2.52 bits per heavy atom. The van der Waals surface area contributed by atoms with Crippen LogP contribution in [-0.2, 0) is 13.0 Å². The van der Waals surface area contributed by atoms with Crippen LogP contribution < -0.4 is 4.74 Å². The monoisotopic (exact) mass is 386 g/mol. The first-order valence-electron chi connectivity index (χ1n) is 9.95. The fraction of sp³-hybridized carbons (Fsp3) is 0.200. The fourth-order valence-corrected chi connectivity index (χ4v) is 4.45. The van der Waals surface area contributed by atoms with Crippen molar-refractivity contribution in [3.63, 3.8) is 0 Å². The Kier molecular flexibility index (Phi) is 4.57. The minimum absolute atomic E-state index is 0.113. The molecule has 0 spiro atoms. The number of fused-ring (bicyclic) bond motifs is 3. The van der Waals surface area contributed by atoms with Crippen molar-refractivity contribution in [1.82, 2.24) is 9.88 Å². The highest BCUT2D eigenvalue weighted by molar-refractivity contribution is 5.85. The van der Waals surface area contributed by atoms with E-state index in [0.717, 1.165) is 30.8 Å². The van der Waals surface area contributed by atoms with Crippen LogP contribution in [0, 0.1) is 5.82 Å². The van der Waals surface area contributed by atoms with Gasteiger partial charge in [-0.05, 0) is 53.4 Å². The van der Waals surface area contributed by atoms with Crippen molar-refractivity contribution in [3.8, 4) is 5.75 Å². The highest BCUT2D eigenvalue weighted by Gasteiger charge is 2.31. The molecule has 3 aromatic carbocycles. The zero-order chi connectivity index (χ0) is 19.8. The van der Waals surface area contributed by atoms with Gasteiger partial charge in [-0.3, -0.25) is 4.90 Å². The molecule has 0 amide bonds. The molecule has 1 aliphatic rings. The largest absolute Gasteiger partial charge is 0.497 e. The minimum Gasteiger partial charge on any atom is -0.497 e. The van der Waals surface area contributed by atoms with Crippen molar-refractivity contribution in [2.24, 2.45) is 0 Å². The number of para-hydroxylation sites is 1. The van der Waals surface area contributed by atoms with Gasteiger partial charge in [0.2, 0.25) is 0 Å². The van der Waals surface area contributed by atoms with Crippen molar-refractivity contribution in [3.05, 3.63) is 101 Å². The van der Waals surface area contributed by atoms with Gasteiger partial charge in [0.25, 0.3) is 0 Å². The lowest BCUT2D eigenvalue weighted by molar-refractivity contribution is 0.202. The number of hydrogen-bond acceptors (Lipinski definition) is 2. The summed E-state index contributed by atoms with van der Waals surface area (Å²) in [5.74, 6) is 0.656. The third-order valence-electron chi connectivity index (χ3n) is 5.86. The summed E-state index contributed by atoms with van der Waals surface area (Å²) in [6.07, 6.45) is 0.993. The normalized spacial score (nSPS) is 16.7. The van der Waals surface area contributed by atoms with Crippen molar-refractivity contribution in [2.45, 2.75) is 19.0 Å². The van der Waals surface area contributed by atoms with Gasteiger partial charge >= 0.3 is 0 Å². The number of aromatic nitrogens is 1. The molecule has 0 saturated heterocycles. The molecule has 5 rings (SSSR count). The van der Waals surface area contributed by atoms with Crippen LogP contribution >= 0.6 is 0 Å². The maximum Gasteiger partial charge on any atom is 0.123 e. The molecule has 0 bridgehead atoms. The second-order valence-electron chi connectivity index (χ2n) is 7.59. The molecule has 1 aliphatic heterocycles. The SMILES string of the molecule is COc1ccc(C2c3[nH]c4ccccc4c3CCN2Cc2ccc(F)cc2)cc1. The number of hydrogen-bond donors (Lipinski definition) is 1. The molecule has 1 aromatic heterocycles. The molecule has 0 aliphatic carbocycles. The van der Waals surface area contributed by atoms with Crippen molar-refractivity contribution >= 4 is 10.9 Å². The van der Waals surface area contributed by atoms with E-state index >= 15 is 0 Å². The number of halogens is 1. The summed E-state index contributed by atoms with van der Waals surface area (Å²) < 4.78 is 18.7. The third-order valence-corrected chi connectivity index (χ3v) is 5.86. The third kappa shape index (κ3) is 3.30. The summed E-state index contributed by atoms with van der Waals surface area (Å²) in [6.45, 7) is 1.72. The van der Waals surface area contributed by atoms with Crippen LogP contribution in [0.15, 0.2) is 72.8 Å². The Balaban J connectivity index is 1.59. The van der Waals surface area contributed by atoms with Crippen LogP contribution in [0.3, 0.4) is 0 Å². The second-order valence-corrected chi connectivity index (χ2v) is 7.59. The molecule has 3 nitrogen and oxygen atoms in total. The zero-order valence-electron chi connectivity index (χ0n) is 16.4. The summed E-state index contributed by atoms with van der Waals surface area (Å²) >= 11 is 0. The van der Waals surface area contributed by atoms with Gasteiger partial charge in [0.1, 0.15) is 11.6 Å². The van der Waals surface area contributed by atoms with E-state index in [1.165, 1.54) is 39.9 Å². The number of nitrogens with one attached hydrogen (secondary N) is 1. The lowest BCUT2D eigenvalue weighted by Crippen LogP contribution is -2.35. The van der Waals surface area contributed by atoms with Gasteiger partial charge in [-0.2, -0.15) is 0 Å². The second kappa shape index (κ2) is 7.37. The van der Waals surface area contributed by atoms with E-state index in [0.29, 0.717) is 0 Å². The maximum atomic E-state index is 13.4. The van der Waals surface area contributed by atoms with Crippen LogP contribution in [0.4, 0.5) is 4.39 Å². The number of aromatic amines is 1. The number of methoxy groups -OCH3 is 1. The van der Waals surface area contributed by atoms with Crippen LogP contribution in [0.1, 0.15) is 28.4 Å². The molecule has 0 radical (unpaired) electrons. The first kappa shape index (κ1) is 18.0. The zero-order valence-corrected chi connectivity index (χ0v) is 16.4. The molecule has 4 heteroatoms. The van der Waals surface area contributed by atoms with E-state index < -0.39 is 0 Å². The lowest BCUT2D eigenvalue weighted by atomic mass is 9.92. The average Bonchev–Trinajstić information content (AvgIpc) is 3.14. The molecule has 0 fully saturated rings. The molecule has 2 heterocycles. The van der Waals surface area contributed by atoms with Gasteiger partial charge in [-0.1, -0.05) is 42.5 Å². The summed E-state index contributed by atoms with van der Waals surface area (Å²) in [5.41, 5.74) is 6.17. The quantitative estimate of drug-likeness (QED) is 0.504. The van der Waals surface area contributed by atoms with Gasteiger partial charge in [0.05, 0.1) is 13.2 Å². The van der Waals surface area contributed by atoms with E-state index in [9.17, 15) is 4.39 Å². The fourth-order valence-electron chi connectivity index (χ4n) is 4.45. The van der Waals surface area contributed by atoms with Crippen LogP contribution in [0.25, 0.3) is 10.9 Å². The van der Waals surface area contributed by atoms with Gasteiger partial charge in [-0.25, -0.2) is 4.39 Å². The van der Waals surface area contributed by atoms with Crippen molar-refractivity contribution < 1.29 is 9.13 Å². The van der Waals surface area contributed by atoms with Gasteiger partial charge in [-0.15, -0.1) is 0 Å². The standard InChI is InChI=1S/C25H23FN2O/c1-29-20-12-8-18(9-13-20)25-24-22(21-4-2-3-5-23(21)27-24)14-15-28(25)16-17-6-10-19(26)11-7-17/h2-13,25,27H,14-16H2,1H3. The molecule has 29 heavy (non-hydrogen) atoms. The summed E-state index contributed by atoms with van der Waals surface area (Å²) in [4.78, 5) is 6.15. The first-order chi connectivity index (χ1) is 14.2. The summed E-state index contributed by atoms with van der Waals surface area (Å²) in [5, 5.41) is 1.31. The number of benzene rings is 3. The minimum atomic E-state index is -0.197. The smallest absolute Gasteiger partial charge is 0.123 e. The molecule has 1 unspecified atom stereocenters. The van der Waals surface area contributed by atoms with E-state index in [4.69, 9.17) is 4.74 Å². The van der Waals surface area contributed by atoms with Crippen molar-refractivity contribution in [1.29, 1.82) is 0 Å². The molecule has 146 valence electrons. The van der Waals surface area contributed by atoms with E-state index in [-0.39, 0.29) is 11.9 Å². The molecule has 0 saturated carbocycles. The Bertz CT molecular complexity index is 1130. The Hall–Kier alpha value is -3.11. The van der Waals surface area contributed by atoms with E-state index in [1.807, 2.05) is 24.3 Å². The predicted octanol–water partition coefficient (Wildman–Crippen LogP) is 5.46. The topological polar surface area (TPSA) is 28.3 Å². The molecule has 4 aromatic rings. The van der Waals surface area contributed by atoms with Gasteiger partial charge < -0.3 is 9.72 Å². The highest BCUT2D eigenvalue weighted by atomic mass is 19.1. The number of H-pyrrole nitrogens is 1. The lowest BCUT2D eigenvalue weighted by Gasteiger charge is -2.36. The van der Waals surface area contributed by atoms with E-state index in [1.54, 1.807) is 7.11 Å². The number of ether oxygens (including phenoxy) is 1. The summed E-state index contributed by atoms with van der Waals surface area (Å²) in [6, 6.07) is 23.8. The first-order valence-corrected chi connectivity index (χ1v) is 9.95.